The first-order valence-corrected chi connectivity index (χ1v) is 9.01. The van der Waals surface area contributed by atoms with Crippen LogP contribution in [0.5, 0.6) is 0 Å². The van der Waals surface area contributed by atoms with Gasteiger partial charge in [-0.2, -0.15) is 0 Å². The molecule has 1 aliphatic heterocycles. The summed E-state index contributed by atoms with van der Waals surface area (Å²) in [6.45, 7) is 3.15. The average molecular weight is 328 g/mol. The third-order valence-electron chi connectivity index (χ3n) is 5.07. The number of benzene rings is 3. The molecule has 2 unspecified atom stereocenters. The van der Waals surface area contributed by atoms with Crippen molar-refractivity contribution in [2.24, 2.45) is 0 Å². The Hall–Kier alpha value is -2.58. The first-order chi connectivity index (χ1) is 12.3. The summed E-state index contributed by atoms with van der Waals surface area (Å²) in [4.78, 5) is 0. The first kappa shape index (κ1) is 15.9. The Morgan fingerprint density at radius 2 is 1.56 bits per heavy atom. The minimum Gasteiger partial charge on any atom is -0.376 e. The van der Waals surface area contributed by atoms with Gasteiger partial charge >= 0.3 is 0 Å². The van der Waals surface area contributed by atoms with E-state index < -0.39 is 0 Å². The Morgan fingerprint density at radius 3 is 2.40 bits per heavy atom. The third-order valence-corrected chi connectivity index (χ3v) is 5.07. The highest BCUT2D eigenvalue weighted by Crippen LogP contribution is 2.33. The standard InChI is InChI=1S/C23H24N2/c1-17(24-16-18-9-3-2-4-10-18)23-21-13-7-5-11-19(21)15-20-12-6-8-14-22(20)25-23/h2-14,17,23-25H,15-16H2,1H3. The number of para-hydroxylation sites is 1. The van der Waals surface area contributed by atoms with Crippen LogP contribution in [-0.4, -0.2) is 6.04 Å². The third kappa shape index (κ3) is 3.45. The first-order valence-electron chi connectivity index (χ1n) is 9.01. The molecule has 2 N–H and O–H groups in total. The number of rotatable bonds is 4. The van der Waals surface area contributed by atoms with E-state index in [-0.39, 0.29) is 6.04 Å². The molecule has 2 nitrogen and oxygen atoms in total. The van der Waals surface area contributed by atoms with Crippen molar-refractivity contribution in [1.29, 1.82) is 0 Å². The fraction of sp³-hybridized carbons (Fsp3) is 0.217. The summed E-state index contributed by atoms with van der Waals surface area (Å²) in [5.41, 5.74) is 6.74. The molecular weight excluding hydrogens is 304 g/mol. The maximum atomic E-state index is 3.79. The summed E-state index contributed by atoms with van der Waals surface area (Å²) >= 11 is 0. The lowest BCUT2D eigenvalue weighted by Gasteiger charge is -2.28. The van der Waals surface area contributed by atoms with Gasteiger partial charge in [-0.05, 0) is 41.7 Å². The zero-order valence-corrected chi connectivity index (χ0v) is 14.6. The smallest absolute Gasteiger partial charge is 0.0667 e. The highest BCUT2D eigenvalue weighted by Gasteiger charge is 2.25. The molecule has 2 atom stereocenters. The zero-order chi connectivity index (χ0) is 17.1. The van der Waals surface area contributed by atoms with Crippen LogP contribution in [-0.2, 0) is 13.0 Å². The fourth-order valence-electron chi connectivity index (χ4n) is 3.65. The van der Waals surface area contributed by atoms with Crippen molar-refractivity contribution in [1.82, 2.24) is 5.32 Å². The Bertz CT molecular complexity index is 841. The molecule has 126 valence electrons. The molecule has 25 heavy (non-hydrogen) atoms. The largest absolute Gasteiger partial charge is 0.376 e. The van der Waals surface area contributed by atoms with Crippen LogP contribution in [0.15, 0.2) is 78.9 Å². The summed E-state index contributed by atoms with van der Waals surface area (Å²) in [7, 11) is 0. The Kier molecular flexibility index (Phi) is 4.53. The predicted octanol–water partition coefficient (Wildman–Crippen LogP) is 4.92. The van der Waals surface area contributed by atoms with Crippen molar-refractivity contribution in [2.75, 3.05) is 5.32 Å². The monoisotopic (exact) mass is 328 g/mol. The van der Waals surface area contributed by atoms with Crippen LogP contribution in [0.1, 0.15) is 35.2 Å². The van der Waals surface area contributed by atoms with Crippen LogP contribution < -0.4 is 10.6 Å². The number of hydrogen-bond donors (Lipinski definition) is 2. The van der Waals surface area contributed by atoms with E-state index in [1.807, 2.05) is 0 Å². The highest BCUT2D eigenvalue weighted by molar-refractivity contribution is 5.58. The number of hydrogen-bond acceptors (Lipinski definition) is 2. The molecule has 3 aromatic rings. The highest BCUT2D eigenvalue weighted by atomic mass is 15.0. The van der Waals surface area contributed by atoms with Crippen LogP contribution in [0, 0.1) is 0 Å². The maximum absolute atomic E-state index is 3.79. The maximum Gasteiger partial charge on any atom is 0.0667 e. The quantitative estimate of drug-likeness (QED) is 0.710. The van der Waals surface area contributed by atoms with Gasteiger partial charge < -0.3 is 10.6 Å². The van der Waals surface area contributed by atoms with Crippen LogP contribution in [0.3, 0.4) is 0 Å². The van der Waals surface area contributed by atoms with E-state index in [2.05, 4.69) is 96.4 Å². The van der Waals surface area contributed by atoms with E-state index in [4.69, 9.17) is 0 Å². The molecule has 4 rings (SSSR count). The van der Waals surface area contributed by atoms with E-state index in [9.17, 15) is 0 Å². The molecular formula is C23H24N2. The minimum atomic E-state index is 0.253. The molecule has 0 aromatic heterocycles. The summed E-state index contributed by atoms with van der Waals surface area (Å²) in [5.74, 6) is 0. The normalized spacial score (nSPS) is 16.9. The molecule has 1 heterocycles. The Balaban J connectivity index is 1.61. The van der Waals surface area contributed by atoms with E-state index in [0.29, 0.717) is 6.04 Å². The van der Waals surface area contributed by atoms with Crippen molar-refractivity contribution in [3.63, 3.8) is 0 Å². The fourth-order valence-corrected chi connectivity index (χ4v) is 3.65. The van der Waals surface area contributed by atoms with Gasteiger partial charge in [0.05, 0.1) is 6.04 Å². The minimum absolute atomic E-state index is 0.253. The van der Waals surface area contributed by atoms with E-state index >= 15 is 0 Å². The molecule has 0 saturated heterocycles. The molecule has 0 saturated carbocycles. The van der Waals surface area contributed by atoms with Crippen LogP contribution in [0.25, 0.3) is 0 Å². The van der Waals surface area contributed by atoms with E-state index in [1.165, 1.54) is 27.9 Å². The molecule has 1 aliphatic rings. The van der Waals surface area contributed by atoms with Gasteiger partial charge in [0.1, 0.15) is 0 Å². The Morgan fingerprint density at radius 1 is 0.880 bits per heavy atom. The van der Waals surface area contributed by atoms with Crippen LogP contribution >= 0.6 is 0 Å². The SMILES string of the molecule is CC(NCc1ccccc1)C1Nc2ccccc2Cc2ccccc21. The van der Waals surface area contributed by atoms with Crippen molar-refractivity contribution in [2.45, 2.75) is 32.0 Å². The molecule has 3 aromatic carbocycles. The van der Waals surface area contributed by atoms with Gasteiger partial charge in [0.15, 0.2) is 0 Å². The second kappa shape index (κ2) is 7.12. The summed E-state index contributed by atoms with van der Waals surface area (Å²) in [6.07, 6.45) is 0.987. The Labute approximate surface area is 149 Å². The van der Waals surface area contributed by atoms with Crippen LogP contribution in [0.2, 0.25) is 0 Å². The molecule has 2 heteroatoms. The van der Waals surface area contributed by atoms with Crippen molar-refractivity contribution in [3.05, 3.63) is 101 Å². The van der Waals surface area contributed by atoms with Crippen molar-refractivity contribution in [3.8, 4) is 0 Å². The number of nitrogens with one attached hydrogen (secondary N) is 2. The topological polar surface area (TPSA) is 24.1 Å². The lowest BCUT2D eigenvalue weighted by molar-refractivity contribution is 0.487. The van der Waals surface area contributed by atoms with Gasteiger partial charge in [-0.1, -0.05) is 72.8 Å². The van der Waals surface area contributed by atoms with Gasteiger partial charge in [0, 0.05) is 18.3 Å². The number of fused-ring (bicyclic) bond motifs is 2. The molecule has 0 radical (unpaired) electrons. The van der Waals surface area contributed by atoms with E-state index in [0.717, 1.165) is 13.0 Å². The van der Waals surface area contributed by atoms with Gasteiger partial charge in [-0.15, -0.1) is 0 Å². The van der Waals surface area contributed by atoms with Gasteiger partial charge in [0.25, 0.3) is 0 Å². The summed E-state index contributed by atoms with van der Waals surface area (Å²) in [6, 6.07) is 28.6. The van der Waals surface area contributed by atoms with Gasteiger partial charge in [0.2, 0.25) is 0 Å². The molecule has 0 amide bonds. The summed E-state index contributed by atoms with van der Waals surface area (Å²) < 4.78 is 0. The second-order valence-electron chi connectivity index (χ2n) is 6.81. The molecule has 0 aliphatic carbocycles. The number of anilines is 1. The summed E-state index contributed by atoms with van der Waals surface area (Å²) in [5, 5.41) is 7.49. The van der Waals surface area contributed by atoms with E-state index in [1.54, 1.807) is 0 Å². The molecule has 0 bridgehead atoms. The average Bonchev–Trinajstić information content (AvgIpc) is 2.83. The zero-order valence-electron chi connectivity index (χ0n) is 14.6. The van der Waals surface area contributed by atoms with Crippen molar-refractivity contribution >= 4 is 5.69 Å². The van der Waals surface area contributed by atoms with Gasteiger partial charge in [-0.3, -0.25) is 0 Å². The predicted molar refractivity (Wildman–Crippen MR) is 105 cm³/mol. The lowest BCUT2D eigenvalue weighted by atomic mass is 9.94. The lowest BCUT2D eigenvalue weighted by Crippen LogP contribution is -2.35. The van der Waals surface area contributed by atoms with Gasteiger partial charge in [-0.25, -0.2) is 0 Å². The molecule has 0 fully saturated rings. The van der Waals surface area contributed by atoms with Crippen molar-refractivity contribution < 1.29 is 0 Å². The van der Waals surface area contributed by atoms with Crippen LogP contribution in [0.4, 0.5) is 5.69 Å². The molecule has 0 spiro atoms. The second-order valence-corrected chi connectivity index (χ2v) is 6.81.